The van der Waals surface area contributed by atoms with E-state index in [1.54, 1.807) is 32.3 Å². The van der Waals surface area contributed by atoms with Gasteiger partial charge in [0.1, 0.15) is 0 Å². The van der Waals surface area contributed by atoms with Gasteiger partial charge in [0.25, 0.3) is 0 Å². The lowest BCUT2D eigenvalue weighted by atomic mass is 10.0. The number of nitrogen functional groups attached to an aromatic ring is 1. The average molecular weight is 418 g/mol. The van der Waals surface area contributed by atoms with Crippen LogP contribution in [0.25, 0.3) is 11.2 Å². The molecule has 0 bridgehead atoms. The summed E-state index contributed by atoms with van der Waals surface area (Å²) in [5.74, 6) is 1.09. The molecule has 8 nitrogen and oxygen atoms in total. The van der Waals surface area contributed by atoms with E-state index in [4.69, 9.17) is 17.3 Å². The maximum absolute atomic E-state index is 10.1. The second kappa shape index (κ2) is 8.42. The topological polar surface area (TPSA) is 114 Å². The number of imidazole rings is 1. The minimum absolute atomic E-state index is 0.0122. The molecule has 0 aliphatic heterocycles. The van der Waals surface area contributed by atoms with Crippen molar-refractivity contribution in [2.75, 3.05) is 16.4 Å². The minimum Gasteiger partial charge on any atom is -0.398 e. The Hall–Kier alpha value is -2.58. The Bertz CT molecular complexity index is 996. The van der Waals surface area contributed by atoms with Gasteiger partial charge in [-0.3, -0.25) is 0 Å². The van der Waals surface area contributed by atoms with Gasteiger partial charge in [-0.1, -0.05) is 11.6 Å². The molecule has 1 aromatic carbocycles. The number of anilines is 3. The van der Waals surface area contributed by atoms with Crippen molar-refractivity contribution in [3.05, 3.63) is 35.1 Å². The number of aromatic nitrogens is 4. The second-order valence-corrected chi connectivity index (χ2v) is 8.29. The largest absolute Gasteiger partial charge is 0.398 e. The fourth-order valence-electron chi connectivity index (χ4n) is 3.29. The third-order valence-corrected chi connectivity index (χ3v) is 4.77. The highest BCUT2D eigenvalue weighted by Crippen LogP contribution is 2.24. The van der Waals surface area contributed by atoms with Gasteiger partial charge in [0.2, 0.25) is 5.95 Å². The van der Waals surface area contributed by atoms with Gasteiger partial charge in [0.15, 0.2) is 17.0 Å². The van der Waals surface area contributed by atoms with Crippen LogP contribution < -0.4 is 16.4 Å². The Labute approximate surface area is 175 Å². The predicted molar refractivity (Wildman–Crippen MR) is 118 cm³/mol. The number of aliphatic hydroxyl groups is 1. The first kappa shape index (κ1) is 21.1. The number of hydrogen-bond acceptors (Lipinski definition) is 7. The first-order valence-corrected chi connectivity index (χ1v) is 10.0. The van der Waals surface area contributed by atoms with Gasteiger partial charge in [-0.05, 0) is 57.9 Å². The molecule has 3 aromatic rings. The van der Waals surface area contributed by atoms with E-state index < -0.39 is 5.60 Å². The lowest BCUT2D eigenvalue weighted by Crippen LogP contribution is -2.29. The number of halogens is 1. The third-order valence-electron chi connectivity index (χ3n) is 4.54. The number of fused-ring (bicyclic) bond motifs is 1. The van der Waals surface area contributed by atoms with Gasteiger partial charge in [-0.2, -0.15) is 9.97 Å². The highest BCUT2D eigenvalue weighted by molar-refractivity contribution is 6.30. The van der Waals surface area contributed by atoms with Gasteiger partial charge in [-0.15, -0.1) is 0 Å². The van der Waals surface area contributed by atoms with Crippen LogP contribution in [-0.4, -0.2) is 36.3 Å². The molecule has 0 aliphatic carbocycles. The zero-order valence-corrected chi connectivity index (χ0v) is 18.0. The summed E-state index contributed by atoms with van der Waals surface area (Å²) < 4.78 is 1.96. The molecule has 5 N–H and O–H groups in total. The maximum atomic E-state index is 10.1. The molecule has 156 valence electrons. The summed E-state index contributed by atoms with van der Waals surface area (Å²) in [5, 5.41) is 17.3. The molecule has 9 heteroatoms. The van der Waals surface area contributed by atoms with Crippen LogP contribution in [0.3, 0.4) is 0 Å². The number of nitrogens with zero attached hydrogens (tertiary/aromatic N) is 4. The van der Waals surface area contributed by atoms with Crippen LogP contribution in [0, 0.1) is 0 Å². The Morgan fingerprint density at radius 3 is 2.76 bits per heavy atom. The van der Waals surface area contributed by atoms with Crippen LogP contribution in [0.1, 0.15) is 39.7 Å². The Balaban J connectivity index is 1.90. The van der Waals surface area contributed by atoms with Gasteiger partial charge in [0.05, 0.1) is 11.9 Å². The van der Waals surface area contributed by atoms with Gasteiger partial charge in [-0.25, -0.2) is 4.98 Å². The number of aryl methyl sites for hydroxylation is 1. The molecule has 2 heterocycles. The smallest absolute Gasteiger partial charge is 0.226 e. The Morgan fingerprint density at radius 1 is 1.31 bits per heavy atom. The lowest BCUT2D eigenvalue weighted by molar-refractivity contribution is 0.0672. The molecule has 0 fully saturated rings. The van der Waals surface area contributed by atoms with Crippen molar-refractivity contribution in [3.63, 3.8) is 0 Å². The molecule has 0 amide bonds. The van der Waals surface area contributed by atoms with Crippen molar-refractivity contribution in [1.29, 1.82) is 0 Å². The summed E-state index contributed by atoms with van der Waals surface area (Å²) in [6, 6.07) is 5.36. The van der Waals surface area contributed by atoms with E-state index >= 15 is 0 Å². The third kappa shape index (κ3) is 5.27. The molecule has 1 atom stereocenters. The summed E-state index contributed by atoms with van der Waals surface area (Å²) >= 11 is 6.10. The number of rotatable bonds is 8. The fourth-order valence-corrected chi connectivity index (χ4v) is 3.49. The van der Waals surface area contributed by atoms with Crippen molar-refractivity contribution in [2.45, 2.75) is 58.8 Å². The van der Waals surface area contributed by atoms with Crippen molar-refractivity contribution < 1.29 is 5.11 Å². The molecule has 29 heavy (non-hydrogen) atoms. The molecule has 1 unspecified atom stereocenters. The summed E-state index contributed by atoms with van der Waals surface area (Å²) in [4.78, 5) is 13.7. The normalized spacial score (nSPS) is 12.9. The van der Waals surface area contributed by atoms with E-state index in [0.717, 1.165) is 17.8 Å². The summed E-state index contributed by atoms with van der Waals surface area (Å²) in [7, 11) is 0. The number of benzene rings is 1. The molecular weight excluding hydrogens is 390 g/mol. The molecule has 3 rings (SSSR count). The molecule has 0 saturated carbocycles. The van der Waals surface area contributed by atoms with Crippen molar-refractivity contribution in [2.24, 2.45) is 0 Å². The van der Waals surface area contributed by atoms with Crippen LogP contribution >= 0.6 is 11.6 Å². The predicted octanol–water partition coefficient (Wildman–Crippen LogP) is 3.66. The van der Waals surface area contributed by atoms with E-state index in [1.807, 2.05) is 24.5 Å². The Kier molecular flexibility index (Phi) is 6.14. The van der Waals surface area contributed by atoms with Gasteiger partial charge in [0, 0.05) is 29.8 Å². The van der Waals surface area contributed by atoms with E-state index in [1.165, 1.54) is 0 Å². The van der Waals surface area contributed by atoms with E-state index in [9.17, 15) is 5.11 Å². The number of hydrogen-bond donors (Lipinski definition) is 4. The van der Waals surface area contributed by atoms with Crippen LogP contribution in [0.15, 0.2) is 24.5 Å². The van der Waals surface area contributed by atoms with Crippen molar-refractivity contribution in [1.82, 2.24) is 19.5 Å². The quantitative estimate of drug-likeness (QED) is 0.413. The van der Waals surface area contributed by atoms with E-state index in [2.05, 4.69) is 25.6 Å². The van der Waals surface area contributed by atoms with Gasteiger partial charge < -0.3 is 26.0 Å². The van der Waals surface area contributed by atoms with Crippen molar-refractivity contribution in [3.8, 4) is 0 Å². The molecule has 0 radical (unpaired) electrons. The van der Waals surface area contributed by atoms with Gasteiger partial charge >= 0.3 is 0 Å². The number of nitrogens with one attached hydrogen (secondary N) is 2. The van der Waals surface area contributed by atoms with Crippen LogP contribution in [0.4, 0.5) is 17.5 Å². The van der Waals surface area contributed by atoms with Crippen LogP contribution in [0.2, 0.25) is 5.02 Å². The number of nitrogens with two attached hydrogens (primary N) is 1. The van der Waals surface area contributed by atoms with E-state index in [-0.39, 0.29) is 6.04 Å². The molecule has 0 saturated heterocycles. The van der Waals surface area contributed by atoms with Crippen LogP contribution in [-0.2, 0) is 13.1 Å². The minimum atomic E-state index is -0.785. The first-order valence-electron chi connectivity index (χ1n) is 9.66. The SMILES string of the molecule is CCn1cnc2c(NCc3cc(Cl)ccc3N)nc(NC(C)CC(C)(C)O)nc21. The molecular formula is C20H28ClN7O. The average Bonchev–Trinajstić information content (AvgIpc) is 3.03. The van der Waals surface area contributed by atoms with Crippen molar-refractivity contribution >= 4 is 40.2 Å². The molecule has 0 aliphatic rings. The van der Waals surface area contributed by atoms with Crippen LogP contribution in [0.5, 0.6) is 0 Å². The fraction of sp³-hybridized carbons (Fsp3) is 0.450. The highest BCUT2D eigenvalue weighted by atomic mass is 35.5. The second-order valence-electron chi connectivity index (χ2n) is 7.86. The molecule has 0 spiro atoms. The zero-order valence-electron chi connectivity index (χ0n) is 17.2. The van der Waals surface area contributed by atoms with E-state index in [0.29, 0.717) is 41.0 Å². The summed E-state index contributed by atoms with van der Waals surface area (Å²) in [6.45, 7) is 8.78. The zero-order chi connectivity index (χ0) is 21.2. The summed E-state index contributed by atoms with van der Waals surface area (Å²) in [6.07, 6.45) is 2.31. The highest BCUT2D eigenvalue weighted by Gasteiger charge is 2.19. The monoisotopic (exact) mass is 417 g/mol. The summed E-state index contributed by atoms with van der Waals surface area (Å²) in [5.41, 5.74) is 8.24. The Morgan fingerprint density at radius 2 is 2.07 bits per heavy atom. The first-order chi connectivity index (χ1) is 13.7. The maximum Gasteiger partial charge on any atom is 0.226 e. The standard InChI is InChI=1S/C20H28ClN7O/c1-5-28-11-24-16-17(23-10-13-8-14(21)6-7-15(13)22)26-19(27-18(16)28)25-12(2)9-20(3,4)29/h6-8,11-12,29H,5,9-10,22H2,1-4H3,(H2,23,25,26,27). The molecule has 2 aromatic heterocycles. The lowest BCUT2D eigenvalue weighted by Gasteiger charge is -2.23.